The van der Waals surface area contributed by atoms with Crippen LogP contribution in [0.3, 0.4) is 0 Å². The van der Waals surface area contributed by atoms with Crippen LogP contribution in [0, 0.1) is 5.92 Å². The largest absolute Gasteiger partial charge is 0.449 e. The molecule has 0 radical (unpaired) electrons. The fraction of sp³-hybridized carbons (Fsp3) is 0.636. The Bertz CT molecular complexity index is 1650. The molecule has 9 rings (SSSR count). The molecule has 54 heavy (non-hydrogen) atoms. The molecule has 2 amide bonds. The molecule has 7 aliphatic rings. The highest BCUT2D eigenvalue weighted by atomic mass is 16.6. The van der Waals surface area contributed by atoms with Crippen molar-refractivity contribution < 1.29 is 19.1 Å². The van der Waals surface area contributed by atoms with Gasteiger partial charge in [-0.15, -0.1) is 0 Å². The second kappa shape index (κ2) is 16.5. The Morgan fingerprint density at radius 2 is 1.11 bits per heavy atom. The highest BCUT2D eigenvalue weighted by Gasteiger charge is 2.43. The van der Waals surface area contributed by atoms with Gasteiger partial charge in [0.25, 0.3) is 0 Å². The number of hydrogen-bond acceptors (Lipinski definition) is 8. The molecule has 2 aromatic carbocycles. The summed E-state index contributed by atoms with van der Waals surface area (Å²) in [6.45, 7) is 14.8. The van der Waals surface area contributed by atoms with Crippen molar-refractivity contribution in [1.82, 2.24) is 19.6 Å². The maximum Gasteiger partial charge on any atom is 0.410 e. The Morgan fingerprint density at radius 3 is 1.59 bits per heavy atom. The van der Waals surface area contributed by atoms with E-state index in [1.807, 2.05) is 9.80 Å². The van der Waals surface area contributed by atoms with E-state index in [4.69, 9.17) is 9.47 Å². The molecule has 0 N–H and O–H groups in total. The number of anilines is 2. The molecular weight excluding hydrogens is 677 g/mol. The Balaban J connectivity index is 0.000000155. The van der Waals surface area contributed by atoms with E-state index in [1.165, 1.54) is 65.7 Å². The van der Waals surface area contributed by atoms with E-state index in [1.54, 1.807) is 6.08 Å². The van der Waals surface area contributed by atoms with Crippen LogP contribution in [-0.4, -0.2) is 125 Å². The fourth-order valence-corrected chi connectivity index (χ4v) is 10.3. The van der Waals surface area contributed by atoms with E-state index < -0.39 is 0 Å². The molecule has 10 nitrogen and oxygen atoms in total. The van der Waals surface area contributed by atoms with Gasteiger partial charge in [0.2, 0.25) is 0 Å². The van der Waals surface area contributed by atoms with Crippen LogP contribution in [0.15, 0.2) is 49.1 Å². The van der Waals surface area contributed by atoms with Crippen molar-refractivity contribution in [2.75, 3.05) is 103 Å². The van der Waals surface area contributed by atoms with Gasteiger partial charge in [-0.05, 0) is 117 Å². The van der Waals surface area contributed by atoms with Crippen molar-refractivity contribution in [3.05, 3.63) is 71.3 Å². The zero-order chi connectivity index (χ0) is 37.2. The number of ether oxygens (including phenoxy) is 2. The van der Waals surface area contributed by atoms with Gasteiger partial charge in [0.1, 0.15) is 6.61 Å². The Hall–Kier alpha value is -3.76. The monoisotopic (exact) mass is 738 g/mol. The van der Waals surface area contributed by atoms with Gasteiger partial charge in [-0.25, -0.2) is 9.59 Å². The molecule has 4 bridgehead atoms. The van der Waals surface area contributed by atoms with Crippen molar-refractivity contribution in [3.8, 4) is 0 Å². The van der Waals surface area contributed by atoms with Gasteiger partial charge in [0.15, 0.2) is 0 Å². The summed E-state index contributed by atoms with van der Waals surface area (Å²) in [5.74, 6) is 1.77. The third-order valence-corrected chi connectivity index (χ3v) is 13.6. The first kappa shape index (κ1) is 37.2. The summed E-state index contributed by atoms with van der Waals surface area (Å²) < 4.78 is 11.1. The van der Waals surface area contributed by atoms with E-state index >= 15 is 0 Å². The number of benzene rings is 2. The number of piperazine rings is 2. The Morgan fingerprint density at radius 1 is 0.630 bits per heavy atom. The lowest BCUT2D eigenvalue weighted by Crippen LogP contribution is -2.44. The third-order valence-electron chi connectivity index (χ3n) is 13.6. The van der Waals surface area contributed by atoms with E-state index in [0.29, 0.717) is 24.4 Å². The molecule has 4 saturated heterocycles. The standard InChI is InChI=1S/C24H35N3O2.C20H27N3O2/c1-25-11-13-26(14-12-25)20-7-8-21-19-9-10-27(23(15-19)22(21)16-20)24(28)29-17-18-5-3-2-4-6-18;1-3-12-25-20(24)23-7-6-15-13-19(23)18-14-16(4-5-17(15)18)22-10-8-21(2)9-11-22/h7-8,16,18-19,23H,2-6,9-15,17H2,1H3;3-5,14-15,19H,1,6-13H2,2H3/t19-,23-;15-,19-/m11/s1. The highest BCUT2D eigenvalue weighted by molar-refractivity contribution is 5.71. The molecule has 0 spiro atoms. The zero-order valence-electron chi connectivity index (χ0n) is 32.8. The fourth-order valence-electron chi connectivity index (χ4n) is 10.3. The van der Waals surface area contributed by atoms with E-state index in [2.05, 4.69) is 76.7 Å². The minimum atomic E-state index is -0.207. The molecular formula is C44H62N6O4. The van der Waals surface area contributed by atoms with Crippen molar-refractivity contribution >= 4 is 23.6 Å². The number of carbonyl (C=O) groups excluding carboxylic acids is 2. The van der Waals surface area contributed by atoms with Gasteiger partial charge < -0.3 is 38.9 Å². The van der Waals surface area contributed by atoms with Gasteiger partial charge >= 0.3 is 12.2 Å². The quantitative estimate of drug-likeness (QED) is 0.285. The van der Waals surface area contributed by atoms with Gasteiger partial charge in [0, 0.05) is 76.8 Å². The SMILES string of the molecule is C=CCOC(=O)N1CC[C@@H]2C[C@@H]1c1cc(N3CCN(C)CC3)ccc12.CN1CCN(c2ccc3c(c2)[C@H]2C[C@H]3CCN2C(=O)OCC2CCCCC2)CC1. The van der Waals surface area contributed by atoms with Crippen LogP contribution in [0.25, 0.3) is 0 Å². The van der Waals surface area contributed by atoms with Crippen molar-refractivity contribution in [3.63, 3.8) is 0 Å². The maximum atomic E-state index is 12.9. The maximum absolute atomic E-state index is 12.9. The zero-order valence-corrected chi connectivity index (χ0v) is 32.8. The number of fused-ring (bicyclic) bond motifs is 10. The highest BCUT2D eigenvalue weighted by Crippen LogP contribution is 2.51. The summed E-state index contributed by atoms with van der Waals surface area (Å²) in [5.41, 5.74) is 8.21. The predicted octanol–water partition coefficient (Wildman–Crippen LogP) is 7.38. The predicted molar refractivity (Wildman–Crippen MR) is 215 cm³/mol. The number of hydrogen-bond donors (Lipinski definition) is 0. The number of piperidine rings is 2. The molecule has 292 valence electrons. The van der Waals surface area contributed by atoms with Crippen LogP contribution >= 0.6 is 0 Å². The van der Waals surface area contributed by atoms with Crippen LogP contribution in [0.4, 0.5) is 21.0 Å². The summed E-state index contributed by atoms with van der Waals surface area (Å²) in [7, 11) is 4.37. The van der Waals surface area contributed by atoms with Crippen molar-refractivity contribution in [1.29, 1.82) is 0 Å². The van der Waals surface area contributed by atoms with Crippen molar-refractivity contribution in [2.45, 2.75) is 81.7 Å². The molecule has 4 aliphatic heterocycles. The normalized spacial score (nSPS) is 26.8. The van der Waals surface area contributed by atoms with Crippen LogP contribution in [0.2, 0.25) is 0 Å². The summed E-state index contributed by atoms with van der Waals surface area (Å²) in [6.07, 6.45) is 11.9. The molecule has 10 heteroatoms. The van der Waals surface area contributed by atoms with Crippen LogP contribution in [0.1, 0.15) is 104 Å². The van der Waals surface area contributed by atoms with Gasteiger partial charge in [-0.2, -0.15) is 0 Å². The number of likely N-dealkylation sites (N-methyl/N-ethyl adjacent to an activating group) is 2. The minimum Gasteiger partial charge on any atom is -0.449 e. The molecule has 0 unspecified atom stereocenters. The first-order valence-electron chi connectivity index (χ1n) is 21.0. The lowest BCUT2D eigenvalue weighted by Gasteiger charge is -2.35. The minimum absolute atomic E-state index is 0.0862. The number of likely N-dealkylation sites (tertiary alicyclic amines) is 2. The average molecular weight is 739 g/mol. The number of rotatable bonds is 6. The Kier molecular flexibility index (Phi) is 11.4. The van der Waals surface area contributed by atoms with Crippen LogP contribution in [0.5, 0.6) is 0 Å². The third kappa shape index (κ3) is 7.83. The molecule has 3 aliphatic carbocycles. The lowest BCUT2D eigenvalue weighted by molar-refractivity contribution is 0.0582. The summed E-state index contributed by atoms with van der Waals surface area (Å²) in [6, 6.07) is 14.3. The van der Waals surface area contributed by atoms with Crippen molar-refractivity contribution in [2.24, 2.45) is 5.92 Å². The van der Waals surface area contributed by atoms with Gasteiger partial charge in [-0.1, -0.05) is 44.1 Å². The summed E-state index contributed by atoms with van der Waals surface area (Å²) in [5, 5.41) is 0. The number of carbonyl (C=O) groups is 2. The molecule has 2 aromatic rings. The van der Waals surface area contributed by atoms with E-state index in [0.717, 1.165) is 91.1 Å². The van der Waals surface area contributed by atoms with Gasteiger partial charge in [-0.3, -0.25) is 0 Å². The summed E-state index contributed by atoms with van der Waals surface area (Å²) in [4.78, 5) is 39.0. The molecule has 4 atom stereocenters. The average Bonchev–Trinajstić information content (AvgIpc) is 3.65. The second-order valence-corrected chi connectivity index (χ2v) is 17.0. The number of amides is 2. The summed E-state index contributed by atoms with van der Waals surface area (Å²) >= 11 is 0. The van der Waals surface area contributed by atoms with Crippen LogP contribution < -0.4 is 9.80 Å². The Labute approximate surface area is 323 Å². The van der Waals surface area contributed by atoms with Crippen LogP contribution in [-0.2, 0) is 9.47 Å². The first-order valence-corrected chi connectivity index (χ1v) is 21.0. The second-order valence-electron chi connectivity index (χ2n) is 17.0. The van der Waals surface area contributed by atoms with E-state index in [-0.39, 0.29) is 30.9 Å². The molecule has 4 heterocycles. The van der Waals surface area contributed by atoms with E-state index in [9.17, 15) is 9.59 Å². The first-order chi connectivity index (χ1) is 26.4. The number of nitrogens with zero attached hydrogens (tertiary/aromatic N) is 6. The van der Waals surface area contributed by atoms with Gasteiger partial charge in [0.05, 0.1) is 18.7 Å². The molecule has 5 fully saturated rings. The topological polar surface area (TPSA) is 72.0 Å². The molecule has 0 aromatic heterocycles. The lowest BCUT2D eigenvalue weighted by atomic mass is 9.90. The smallest absolute Gasteiger partial charge is 0.410 e. The molecule has 1 saturated carbocycles.